The Morgan fingerprint density at radius 3 is 2.70 bits per heavy atom. The van der Waals surface area contributed by atoms with E-state index in [0.29, 0.717) is 26.1 Å². The Balaban J connectivity index is 1.57. The first-order chi connectivity index (χ1) is 11.1. The number of benzene rings is 2. The highest BCUT2D eigenvalue weighted by molar-refractivity contribution is 9.10. The fraction of sp³-hybridized carbons (Fsp3) is 0.278. The lowest BCUT2D eigenvalue weighted by atomic mass is 10.1. The lowest BCUT2D eigenvalue weighted by molar-refractivity contribution is -0.116. The zero-order valence-corrected chi connectivity index (χ0v) is 14.5. The van der Waals surface area contributed by atoms with Crippen LogP contribution in [0.25, 0.3) is 0 Å². The average Bonchev–Trinajstić information content (AvgIpc) is 2.56. The molecule has 2 aromatic carbocycles. The highest BCUT2D eigenvalue weighted by Crippen LogP contribution is 2.31. The normalized spacial score (nSPS) is 12.8. The Kier molecular flexibility index (Phi) is 4.86. The zero-order chi connectivity index (χ0) is 16.2. The molecular formula is C18H18BrNO3. The Bertz CT molecular complexity index is 730. The zero-order valence-electron chi connectivity index (χ0n) is 12.9. The summed E-state index contributed by atoms with van der Waals surface area (Å²) >= 11 is 3.45. The summed E-state index contributed by atoms with van der Waals surface area (Å²) in [5, 5.41) is 2.93. The predicted molar refractivity (Wildman–Crippen MR) is 93.3 cm³/mol. The number of nitrogens with one attached hydrogen (secondary N) is 1. The number of halogens is 1. The molecule has 0 fully saturated rings. The van der Waals surface area contributed by atoms with Gasteiger partial charge in [0, 0.05) is 16.6 Å². The van der Waals surface area contributed by atoms with Crippen LogP contribution in [-0.4, -0.2) is 19.1 Å². The number of fused-ring (bicyclic) bond motifs is 1. The van der Waals surface area contributed by atoms with Crippen molar-refractivity contribution in [3.05, 3.63) is 52.0 Å². The van der Waals surface area contributed by atoms with Gasteiger partial charge in [0.15, 0.2) is 11.5 Å². The fourth-order valence-corrected chi connectivity index (χ4v) is 2.69. The molecule has 0 aliphatic carbocycles. The monoisotopic (exact) mass is 375 g/mol. The second-order valence-corrected chi connectivity index (χ2v) is 6.34. The van der Waals surface area contributed by atoms with Crippen molar-refractivity contribution in [2.24, 2.45) is 0 Å². The predicted octanol–water partition coefficient (Wildman–Crippen LogP) is 4.10. The number of aryl methyl sites for hydroxylation is 2. The van der Waals surface area contributed by atoms with E-state index in [9.17, 15) is 4.79 Å². The number of rotatable bonds is 4. The number of carbonyl (C=O) groups is 1. The lowest BCUT2D eigenvalue weighted by Crippen LogP contribution is -2.15. The van der Waals surface area contributed by atoms with Gasteiger partial charge < -0.3 is 14.8 Å². The van der Waals surface area contributed by atoms with Crippen LogP contribution in [0.5, 0.6) is 11.5 Å². The molecule has 0 unspecified atom stereocenters. The van der Waals surface area contributed by atoms with E-state index < -0.39 is 0 Å². The third-order valence-corrected chi connectivity index (χ3v) is 4.58. The van der Waals surface area contributed by atoms with Gasteiger partial charge >= 0.3 is 0 Å². The van der Waals surface area contributed by atoms with Crippen molar-refractivity contribution in [2.75, 3.05) is 18.5 Å². The van der Waals surface area contributed by atoms with E-state index in [-0.39, 0.29) is 5.91 Å². The Hall–Kier alpha value is -2.01. The molecule has 1 heterocycles. The van der Waals surface area contributed by atoms with E-state index in [0.717, 1.165) is 32.8 Å². The molecule has 1 N–H and O–H groups in total. The molecule has 3 rings (SSSR count). The molecule has 0 atom stereocenters. The Labute approximate surface area is 143 Å². The highest BCUT2D eigenvalue weighted by atomic mass is 79.9. The molecule has 0 aromatic heterocycles. The van der Waals surface area contributed by atoms with E-state index in [1.807, 2.05) is 43.3 Å². The van der Waals surface area contributed by atoms with Gasteiger partial charge in [0.2, 0.25) is 5.91 Å². The molecule has 2 aromatic rings. The summed E-state index contributed by atoms with van der Waals surface area (Å²) in [6.07, 6.45) is 1.09. The van der Waals surface area contributed by atoms with Crippen molar-refractivity contribution in [3.63, 3.8) is 0 Å². The van der Waals surface area contributed by atoms with E-state index in [4.69, 9.17) is 9.47 Å². The number of carbonyl (C=O) groups excluding carboxylic acids is 1. The number of ether oxygens (including phenoxy) is 2. The van der Waals surface area contributed by atoms with Crippen molar-refractivity contribution in [1.29, 1.82) is 0 Å². The molecule has 0 bridgehead atoms. The molecule has 0 radical (unpaired) electrons. The number of hydrogen-bond acceptors (Lipinski definition) is 3. The molecule has 1 aliphatic heterocycles. The molecule has 1 amide bonds. The second kappa shape index (κ2) is 7.04. The third kappa shape index (κ3) is 4.05. The quantitative estimate of drug-likeness (QED) is 0.874. The van der Waals surface area contributed by atoms with Crippen LogP contribution >= 0.6 is 15.9 Å². The van der Waals surface area contributed by atoms with Gasteiger partial charge in [-0.15, -0.1) is 0 Å². The number of anilines is 1. The van der Waals surface area contributed by atoms with Gasteiger partial charge in [0.05, 0.1) is 0 Å². The minimum atomic E-state index is 0.00149. The minimum absolute atomic E-state index is 0.00149. The maximum Gasteiger partial charge on any atom is 0.224 e. The number of amides is 1. The minimum Gasteiger partial charge on any atom is -0.486 e. The van der Waals surface area contributed by atoms with Crippen LogP contribution in [0.4, 0.5) is 5.69 Å². The average molecular weight is 376 g/mol. The summed E-state index contributed by atoms with van der Waals surface area (Å²) in [4.78, 5) is 12.1. The summed E-state index contributed by atoms with van der Waals surface area (Å²) in [6.45, 7) is 3.15. The summed E-state index contributed by atoms with van der Waals surface area (Å²) in [5.41, 5.74) is 2.98. The fourth-order valence-electron chi connectivity index (χ4n) is 2.45. The molecular weight excluding hydrogens is 358 g/mol. The van der Waals surface area contributed by atoms with Crippen molar-refractivity contribution in [3.8, 4) is 11.5 Å². The summed E-state index contributed by atoms with van der Waals surface area (Å²) in [6, 6.07) is 11.6. The lowest BCUT2D eigenvalue weighted by Gasteiger charge is -2.18. The van der Waals surface area contributed by atoms with Crippen molar-refractivity contribution in [1.82, 2.24) is 0 Å². The summed E-state index contributed by atoms with van der Waals surface area (Å²) < 4.78 is 12.1. The van der Waals surface area contributed by atoms with E-state index in [2.05, 4.69) is 21.2 Å². The SMILES string of the molecule is Cc1cc(NC(=O)CCc2ccc3c(c2)OCCO3)ccc1Br. The van der Waals surface area contributed by atoms with Crippen molar-refractivity contribution >= 4 is 27.5 Å². The molecule has 5 heteroatoms. The van der Waals surface area contributed by atoms with Gasteiger partial charge in [-0.3, -0.25) is 4.79 Å². The third-order valence-electron chi connectivity index (χ3n) is 3.69. The molecule has 23 heavy (non-hydrogen) atoms. The van der Waals surface area contributed by atoms with Crippen LogP contribution in [0, 0.1) is 6.92 Å². The van der Waals surface area contributed by atoms with Crippen LogP contribution < -0.4 is 14.8 Å². The number of hydrogen-bond donors (Lipinski definition) is 1. The maximum absolute atomic E-state index is 12.1. The van der Waals surface area contributed by atoms with Gasteiger partial charge in [-0.25, -0.2) is 0 Å². The van der Waals surface area contributed by atoms with E-state index in [1.54, 1.807) is 0 Å². The first-order valence-corrected chi connectivity index (χ1v) is 8.35. The second-order valence-electron chi connectivity index (χ2n) is 5.49. The largest absolute Gasteiger partial charge is 0.486 e. The van der Waals surface area contributed by atoms with Crippen molar-refractivity contribution < 1.29 is 14.3 Å². The highest BCUT2D eigenvalue weighted by Gasteiger charge is 2.12. The van der Waals surface area contributed by atoms with Crippen LogP contribution in [0.2, 0.25) is 0 Å². The topological polar surface area (TPSA) is 47.6 Å². The molecule has 0 spiro atoms. The van der Waals surface area contributed by atoms with Crippen LogP contribution in [0.3, 0.4) is 0 Å². The maximum atomic E-state index is 12.1. The van der Waals surface area contributed by atoms with E-state index in [1.165, 1.54) is 0 Å². The summed E-state index contributed by atoms with van der Waals surface area (Å²) in [7, 11) is 0. The Morgan fingerprint density at radius 2 is 1.91 bits per heavy atom. The van der Waals surface area contributed by atoms with Gasteiger partial charge in [-0.05, 0) is 54.8 Å². The Morgan fingerprint density at radius 1 is 1.13 bits per heavy atom. The van der Waals surface area contributed by atoms with Gasteiger partial charge in [0.1, 0.15) is 13.2 Å². The smallest absolute Gasteiger partial charge is 0.224 e. The molecule has 1 aliphatic rings. The molecule has 0 saturated carbocycles. The molecule has 4 nitrogen and oxygen atoms in total. The first kappa shape index (κ1) is 15.9. The molecule has 0 saturated heterocycles. The van der Waals surface area contributed by atoms with Gasteiger partial charge in [0.25, 0.3) is 0 Å². The van der Waals surface area contributed by atoms with E-state index >= 15 is 0 Å². The van der Waals surface area contributed by atoms with Crippen LogP contribution in [-0.2, 0) is 11.2 Å². The van der Waals surface area contributed by atoms with Gasteiger partial charge in [-0.2, -0.15) is 0 Å². The van der Waals surface area contributed by atoms with Crippen molar-refractivity contribution in [2.45, 2.75) is 19.8 Å². The standard InChI is InChI=1S/C18H18BrNO3/c1-12-10-14(4-5-15(12)19)20-18(21)7-3-13-2-6-16-17(11-13)23-9-8-22-16/h2,4-6,10-11H,3,7-9H2,1H3,(H,20,21). The van der Waals surface area contributed by atoms with Crippen LogP contribution in [0.15, 0.2) is 40.9 Å². The van der Waals surface area contributed by atoms with Crippen LogP contribution in [0.1, 0.15) is 17.5 Å². The molecule has 120 valence electrons. The first-order valence-electron chi connectivity index (χ1n) is 7.56. The van der Waals surface area contributed by atoms with Gasteiger partial charge in [-0.1, -0.05) is 22.0 Å². The summed E-state index contributed by atoms with van der Waals surface area (Å²) in [5.74, 6) is 1.54.